The summed E-state index contributed by atoms with van der Waals surface area (Å²) in [5.74, 6) is -2.01. The third-order valence-corrected chi connectivity index (χ3v) is 3.56. The monoisotopic (exact) mass is 330 g/mol. The van der Waals surface area contributed by atoms with Gasteiger partial charge in [-0.3, -0.25) is 14.4 Å². The lowest BCUT2D eigenvalue weighted by Gasteiger charge is -2.24. The van der Waals surface area contributed by atoms with E-state index in [1.165, 1.54) is 6.92 Å². The van der Waals surface area contributed by atoms with Crippen molar-refractivity contribution < 1.29 is 14.4 Å². The molecule has 1 aromatic rings. The van der Waals surface area contributed by atoms with Crippen LogP contribution in [0, 0.1) is 17.2 Å². The van der Waals surface area contributed by atoms with Crippen LogP contribution in [0.2, 0.25) is 0 Å². The SMILES string of the molecule is CC(=O)N[C@H](Cc1ccccc1)C(=O)N[C@@H](C(N)=O)[C@H](C)CC#N. The molecule has 0 radical (unpaired) electrons. The maximum Gasteiger partial charge on any atom is 0.243 e. The fourth-order valence-corrected chi connectivity index (χ4v) is 2.31. The Morgan fingerprint density at radius 1 is 1.21 bits per heavy atom. The molecule has 3 amide bonds. The summed E-state index contributed by atoms with van der Waals surface area (Å²) in [4.78, 5) is 35.4. The number of nitrogens with two attached hydrogens (primary N) is 1. The van der Waals surface area contributed by atoms with Crippen molar-refractivity contribution in [2.45, 2.75) is 38.8 Å². The second-order valence-corrected chi connectivity index (χ2v) is 5.67. The fraction of sp³-hybridized carbons (Fsp3) is 0.412. The van der Waals surface area contributed by atoms with Gasteiger partial charge < -0.3 is 16.4 Å². The van der Waals surface area contributed by atoms with Crippen LogP contribution in [-0.2, 0) is 20.8 Å². The molecule has 1 rings (SSSR count). The van der Waals surface area contributed by atoms with Crippen LogP contribution in [0.3, 0.4) is 0 Å². The van der Waals surface area contributed by atoms with Gasteiger partial charge in [-0.2, -0.15) is 5.26 Å². The lowest BCUT2D eigenvalue weighted by atomic mass is 9.97. The Morgan fingerprint density at radius 2 is 1.83 bits per heavy atom. The Hall–Kier alpha value is -2.88. The molecule has 0 heterocycles. The van der Waals surface area contributed by atoms with E-state index in [4.69, 9.17) is 11.0 Å². The topological polar surface area (TPSA) is 125 Å². The van der Waals surface area contributed by atoms with Gasteiger partial charge in [0.2, 0.25) is 17.7 Å². The summed E-state index contributed by atoms with van der Waals surface area (Å²) >= 11 is 0. The summed E-state index contributed by atoms with van der Waals surface area (Å²) in [5, 5.41) is 13.9. The molecule has 1 aromatic carbocycles. The molecule has 0 saturated carbocycles. The molecule has 24 heavy (non-hydrogen) atoms. The zero-order valence-electron chi connectivity index (χ0n) is 13.8. The first kappa shape index (κ1) is 19.2. The van der Waals surface area contributed by atoms with Gasteiger partial charge in [0.25, 0.3) is 0 Å². The summed E-state index contributed by atoms with van der Waals surface area (Å²) in [6.45, 7) is 2.97. The lowest BCUT2D eigenvalue weighted by Crippen LogP contribution is -2.55. The Labute approximate surface area is 141 Å². The number of nitriles is 1. The number of nitrogens with one attached hydrogen (secondary N) is 2. The number of carbonyl (C=O) groups excluding carboxylic acids is 3. The van der Waals surface area contributed by atoms with E-state index in [-0.39, 0.29) is 18.7 Å². The summed E-state index contributed by atoms with van der Waals surface area (Å²) < 4.78 is 0. The number of nitrogens with zero attached hydrogens (tertiary/aromatic N) is 1. The van der Waals surface area contributed by atoms with Crippen LogP contribution in [0.15, 0.2) is 30.3 Å². The predicted octanol–water partition coefficient (Wildman–Crippen LogP) is 0.254. The number of hydrogen-bond donors (Lipinski definition) is 3. The van der Waals surface area contributed by atoms with Gasteiger partial charge in [-0.25, -0.2) is 0 Å². The summed E-state index contributed by atoms with van der Waals surface area (Å²) in [5.41, 5.74) is 6.19. The smallest absolute Gasteiger partial charge is 0.243 e. The van der Waals surface area contributed by atoms with Crippen molar-refractivity contribution in [1.29, 1.82) is 5.26 Å². The quantitative estimate of drug-likeness (QED) is 0.632. The Bertz CT molecular complexity index is 624. The largest absolute Gasteiger partial charge is 0.368 e. The highest BCUT2D eigenvalue weighted by molar-refractivity contribution is 5.91. The Balaban J connectivity index is 2.88. The van der Waals surface area contributed by atoms with Gasteiger partial charge in [-0.15, -0.1) is 0 Å². The van der Waals surface area contributed by atoms with Gasteiger partial charge >= 0.3 is 0 Å². The molecule has 0 saturated heterocycles. The molecule has 4 N–H and O–H groups in total. The van der Waals surface area contributed by atoms with E-state index in [0.717, 1.165) is 5.56 Å². The van der Waals surface area contributed by atoms with E-state index >= 15 is 0 Å². The van der Waals surface area contributed by atoms with Gasteiger partial charge in [-0.05, 0) is 11.5 Å². The number of amides is 3. The molecule has 7 heteroatoms. The van der Waals surface area contributed by atoms with Gasteiger partial charge in [0, 0.05) is 19.8 Å². The minimum absolute atomic E-state index is 0.0807. The highest BCUT2D eigenvalue weighted by atomic mass is 16.2. The normalized spacial score (nSPS) is 13.9. The number of carbonyl (C=O) groups is 3. The third kappa shape index (κ3) is 6.08. The molecule has 128 valence electrons. The van der Waals surface area contributed by atoms with Gasteiger partial charge in [-0.1, -0.05) is 37.3 Å². The molecule has 0 unspecified atom stereocenters. The zero-order valence-corrected chi connectivity index (χ0v) is 13.8. The molecule has 0 aromatic heterocycles. The average molecular weight is 330 g/mol. The van der Waals surface area contributed by atoms with Gasteiger partial charge in [0.1, 0.15) is 12.1 Å². The first-order valence-electron chi connectivity index (χ1n) is 7.62. The van der Waals surface area contributed by atoms with Crippen LogP contribution in [-0.4, -0.2) is 29.8 Å². The first-order valence-corrected chi connectivity index (χ1v) is 7.62. The summed E-state index contributed by atoms with van der Waals surface area (Å²) in [7, 11) is 0. The molecule has 0 aliphatic rings. The van der Waals surface area contributed by atoms with Crippen molar-refractivity contribution in [3.05, 3.63) is 35.9 Å². The third-order valence-electron chi connectivity index (χ3n) is 3.56. The first-order chi connectivity index (χ1) is 11.3. The van der Waals surface area contributed by atoms with Crippen molar-refractivity contribution in [2.75, 3.05) is 0 Å². The molecular formula is C17H22N4O3. The van der Waals surface area contributed by atoms with Crippen molar-refractivity contribution in [3.8, 4) is 6.07 Å². The molecular weight excluding hydrogens is 308 g/mol. The van der Waals surface area contributed by atoms with Crippen molar-refractivity contribution in [1.82, 2.24) is 10.6 Å². The van der Waals surface area contributed by atoms with Gasteiger partial charge in [0.05, 0.1) is 6.07 Å². The molecule has 0 aliphatic carbocycles. The second-order valence-electron chi connectivity index (χ2n) is 5.67. The standard InChI is InChI=1S/C17H22N4O3/c1-11(8-9-18)15(16(19)23)21-17(24)14(20-12(2)22)10-13-6-4-3-5-7-13/h3-7,11,14-15H,8,10H2,1-2H3,(H2,19,23)(H,20,22)(H,21,24)/t11-,14-,15-/m1/s1. The molecule has 0 spiro atoms. The fourth-order valence-electron chi connectivity index (χ4n) is 2.31. The summed E-state index contributed by atoms with van der Waals surface area (Å²) in [6, 6.07) is 9.34. The maximum atomic E-state index is 12.5. The van der Waals surface area contributed by atoms with E-state index in [0.29, 0.717) is 0 Å². The van der Waals surface area contributed by atoms with Crippen molar-refractivity contribution >= 4 is 17.7 Å². The number of hydrogen-bond acceptors (Lipinski definition) is 4. The van der Waals surface area contributed by atoms with Crippen LogP contribution in [0.4, 0.5) is 0 Å². The maximum absolute atomic E-state index is 12.5. The molecule has 0 aliphatic heterocycles. The predicted molar refractivity (Wildman–Crippen MR) is 88.3 cm³/mol. The molecule has 0 bridgehead atoms. The van der Waals surface area contributed by atoms with Gasteiger partial charge in [0.15, 0.2) is 0 Å². The van der Waals surface area contributed by atoms with E-state index in [2.05, 4.69) is 10.6 Å². The number of rotatable bonds is 8. The second kappa shape index (κ2) is 9.30. The highest BCUT2D eigenvalue weighted by Crippen LogP contribution is 2.09. The molecule has 0 fully saturated rings. The van der Waals surface area contributed by atoms with Crippen molar-refractivity contribution in [2.24, 2.45) is 11.7 Å². The Morgan fingerprint density at radius 3 is 2.33 bits per heavy atom. The van der Waals surface area contributed by atoms with Crippen LogP contribution in [0.5, 0.6) is 0 Å². The van der Waals surface area contributed by atoms with E-state index in [1.54, 1.807) is 6.92 Å². The average Bonchev–Trinajstić information content (AvgIpc) is 2.52. The van der Waals surface area contributed by atoms with E-state index in [1.807, 2.05) is 36.4 Å². The summed E-state index contributed by atoms with van der Waals surface area (Å²) in [6.07, 6.45) is 0.363. The van der Waals surface area contributed by atoms with Crippen molar-refractivity contribution in [3.63, 3.8) is 0 Å². The molecule has 7 nitrogen and oxygen atoms in total. The van der Waals surface area contributed by atoms with Crippen LogP contribution >= 0.6 is 0 Å². The lowest BCUT2D eigenvalue weighted by molar-refractivity contribution is -0.131. The highest BCUT2D eigenvalue weighted by Gasteiger charge is 2.28. The van der Waals surface area contributed by atoms with Crippen LogP contribution in [0.1, 0.15) is 25.8 Å². The minimum Gasteiger partial charge on any atom is -0.368 e. The van der Waals surface area contributed by atoms with E-state index < -0.39 is 29.8 Å². The Kier molecular flexibility index (Phi) is 7.43. The number of benzene rings is 1. The van der Waals surface area contributed by atoms with Crippen LogP contribution in [0.25, 0.3) is 0 Å². The minimum atomic E-state index is -0.968. The number of primary amides is 1. The zero-order chi connectivity index (χ0) is 18.1. The molecule has 3 atom stereocenters. The van der Waals surface area contributed by atoms with E-state index in [9.17, 15) is 14.4 Å². The van der Waals surface area contributed by atoms with Crippen LogP contribution < -0.4 is 16.4 Å².